The normalized spacial score (nSPS) is 25.2. The van der Waals surface area contributed by atoms with Crippen molar-refractivity contribution < 1.29 is 27.4 Å². The summed E-state index contributed by atoms with van der Waals surface area (Å²) in [6, 6.07) is 2.80. The topological polar surface area (TPSA) is 29.5 Å². The van der Waals surface area contributed by atoms with Crippen molar-refractivity contribution in [2.24, 2.45) is 0 Å². The molecule has 0 radical (unpaired) electrons. The van der Waals surface area contributed by atoms with E-state index in [1.807, 2.05) is 0 Å². The van der Waals surface area contributed by atoms with Crippen molar-refractivity contribution in [2.75, 3.05) is 6.61 Å². The first-order valence-electron chi connectivity index (χ1n) is 5.55. The van der Waals surface area contributed by atoms with Crippen LogP contribution in [0.4, 0.5) is 17.6 Å². The van der Waals surface area contributed by atoms with Gasteiger partial charge in [0.25, 0.3) is 0 Å². The van der Waals surface area contributed by atoms with Gasteiger partial charge in [0.2, 0.25) is 0 Å². The van der Waals surface area contributed by atoms with Crippen LogP contribution in [0.5, 0.6) is 0 Å². The van der Waals surface area contributed by atoms with E-state index in [1.165, 1.54) is 0 Å². The highest BCUT2D eigenvalue weighted by atomic mass is 19.4. The van der Waals surface area contributed by atoms with Crippen LogP contribution in [0.3, 0.4) is 0 Å². The van der Waals surface area contributed by atoms with Crippen molar-refractivity contribution in [3.05, 3.63) is 35.1 Å². The molecule has 0 spiro atoms. The number of benzene rings is 1. The van der Waals surface area contributed by atoms with Gasteiger partial charge in [0.15, 0.2) is 0 Å². The third-order valence-corrected chi connectivity index (χ3v) is 2.94. The number of hydrogen-bond acceptors (Lipinski definition) is 2. The molecule has 1 N–H and O–H groups in total. The molecule has 2 unspecified atom stereocenters. The monoisotopic (exact) mass is 264 g/mol. The van der Waals surface area contributed by atoms with E-state index in [2.05, 4.69) is 0 Å². The minimum absolute atomic E-state index is 0.0238. The molecule has 1 heterocycles. The Labute approximate surface area is 101 Å². The van der Waals surface area contributed by atoms with Gasteiger partial charge in [-0.3, -0.25) is 0 Å². The third-order valence-electron chi connectivity index (χ3n) is 2.94. The van der Waals surface area contributed by atoms with Gasteiger partial charge in [0.1, 0.15) is 5.82 Å². The van der Waals surface area contributed by atoms with Crippen molar-refractivity contribution in [1.82, 2.24) is 0 Å². The first-order valence-corrected chi connectivity index (χ1v) is 5.55. The van der Waals surface area contributed by atoms with E-state index in [9.17, 15) is 22.7 Å². The van der Waals surface area contributed by atoms with Crippen molar-refractivity contribution in [3.63, 3.8) is 0 Å². The van der Waals surface area contributed by atoms with Crippen LogP contribution in [0, 0.1) is 5.82 Å². The number of aliphatic hydroxyl groups excluding tert-OH is 1. The molecule has 0 saturated carbocycles. The lowest BCUT2D eigenvalue weighted by Gasteiger charge is -2.28. The zero-order valence-electron chi connectivity index (χ0n) is 9.38. The van der Waals surface area contributed by atoms with Gasteiger partial charge >= 0.3 is 6.18 Å². The van der Waals surface area contributed by atoms with Crippen LogP contribution in [0.1, 0.15) is 30.1 Å². The third kappa shape index (κ3) is 2.64. The van der Waals surface area contributed by atoms with Crippen molar-refractivity contribution in [2.45, 2.75) is 31.2 Å². The Morgan fingerprint density at radius 2 is 2.00 bits per heavy atom. The number of halogens is 4. The maximum atomic E-state index is 13.6. The molecule has 100 valence electrons. The highest BCUT2D eigenvalue weighted by Crippen LogP contribution is 2.39. The average Bonchev–Trinajstić information content (AvgIpc) is 2.27. The zero-order valence-corrected chi connectivity index (χ0v) is 9.38. The van der Waals surface area contributed by atoms with E-state index < -0.39 is 35.3 Å². The number of hydrogen-bond donors (Lipinski definition) is 1. The molecule has 1 aliphatic rings. The molecule has 0 bridgehead atoms. The summed E-state index contributed by atoms with van der Waals surface area (Å²) in [5.41, 5.74) is -1.55. The molecule has 0 amide bonds. The molecule has 1 aromatic rings. The van der Waals surface area contributed by atoms with Gasteiger partial charge < -0.3 is 9.84 Å². The lowest BCUT2D eigenvalue weighted by molar-refractivity contribution is -0.141. The van der Waals surface area contributed by atoms with Crippen LogP contribution in [0.25, 0.3) is 0 Å². The summed E-state index contributed by atoms with van der Waals surface area (Å²) in [5, 5.41) is 9.44. The number of ether oxygens (including phenoxy) is 1. The van der Waals surface area contributed by atoms with Crippen LogP contribution in [-0.4, -0.2) is 17.8 Å². The lowest BCUT2D eigenvalue weighted by Crippen LogP contribution is -2.26. The summed E-state index contributed by atoms with van der Waals surface area (Å²) in [6.45, 7) is 0.122. The zero-order chi connectivity index (χ0) is 13.3. The number of alkyl halides is 3. The second-order valence-electron chi connectivity index (χ2n) is 4.24. The summed E-state index contributed by atoms with van der Waals surface area (Å²) < 4.78 is 57.2. The average molecular weight is 264 g/mol. The predicted octanol–water partition coefficient (Wildman–Crippen LogP) is 3.06. The standard InChI is InChI=1S/C12H12F4O2/c13-9-3-1-2-8(12(14,15)16)11(9)10-6-7(17)4-5-18-10/h1-3,7,10,17H,4-6H2. The Morgan fingerprint density at radius 1 is 1.28 bits per heavy atom. The van der Waals surface area contributed by atoms with Crippen LogP contribution in [0.2, 0.25) is 0 Å². The quantitative estimate of drug-likeness (QED) is 0.790. The van der Waals surface area contributed by atoms with Crippen molar-refractivity contribution in [3.8, 4) is 0 Å². The Kier molecular flexibility index (Phi) is 3.59. The van der Waals surface area contributed by atoms with Crippen LogP contribution >= 0.6 is 0 Å². The summed E-state index contributed by atoms with van der Waals surface area (Å²) >= 11 is 0. The fraction of sp³-hybridized carbons (Fsp3) is 0.500. The number of rotatable bonds is 1. The maximum absolute atomic E-state index is 13.6. The van der Waals surface area contributed by atoms with Gasteiger partial charge in [-0.05, 0) is 18.6 Å². The Balaban J connectivity index is 2.42. The molecule has 2 nitrogen and oxygen atoms in total. The minimum atomic E-state index is -4.64. The Bertz CT molecular complexity index is 431. The highest BCUT2D eigenvalue weighted by Gasteiger charge is 2.38. The van der Waals surface area contributed by atoms with E-state index in [4.69, 9.17) is 4.74 Å². The van der Waals surface area contributed by atoms with Crippen LogP contribution in [0.15, 0.2) is 18.2 Å². The summed E-state index contributed by atoms with van der Waals surface area (Å²) in [7, 11) is 0. The van der Waals surface area contributed by atoms with E-state index in [0.717, 1.165) is 18.2 Å². The molecular weight excluding hydrogens is 252 g/mol. The lowest BCUT2D eigenvalue weighted by atomic mass is 9.94. The van der Waals surface area contributed by atoms with Crippen molar-refractivity contribution >= 4 is 0 Å². The SMILES string of the molecule is OC1CCOC(c2c(F)cccc2C(F)(F)F)C1. The van der Waals surface area contributed by atoms with Gasteiger partial charge in [-0.2, -0.15) is 13.2 Å². The Hall–Kier alpha value is -1.14. The van der Waals surface area contributed by atoms with Crippen LogP contribution < -0.4 is 0 Å². The van der Waals surface area contributed by atoms with Gasteiger partial charge in [-0.25, -0.2) is 4.39 Å². The highest BCUT2D eigenvalue weighted by molar-refractivity contribution is 5.33. The molecule has 6 heteroatoms. The Morgan fingerprint density at radius 3 is 2.61 bits per heavy atom. The number of aliphatic hydroxyl groups is 1. The molecule has 1 saturated heterocycles. The molecule has 2 atom stereocenters. The summed E-state index contributed by atoms with van der Waals surface area (Å²) in [4.78, 5) is 0. The van der Waals surface area contributed by atoms with E-state index in [1.54, 1.807) is 0 Å². The molecule has 1 fully saturated rings. The molecule has 1 aromatic carbocycles. The molecule has 18 heavy (non-hydrogen) atoms. The van der Waals surface area contributed by atoms with Gasteiger partial charge in [-0.15, -0.1) is 0 Å². The largest absolute Gasteiger partial charge is 0.416 e. The first-order chi connectivity index (χ1) is 8.39. The molecule has 2 rings (SSSR count). The first kappa shape index (κ1) is 13.3. The molecular formula is C12H12F4O2. The fourth-order valence-corrected chi connectivity index (χ4v) is 2.09. The minimum Gasteiger partial charge on any atom is -0.393 e. The smallest absolute Gasteiger partial charge is 0.393 e. The maximum Gasteiger partial charge on any atom is 0.416 e. The van der Waals surface area contributed by atoms with Crippen molar-refractivity contribution in [1.29, 1.82) is 0 Å². The second-order valence-corrected chi connectivity index (χ2v) is 4.24. The summed E-state index contributed by atoms with van der Waals surface area (Å²) in [6.07, 6.45) is -6.12. The molecule has 0 aliphatic carbocycles. The fourth-order valence-electron chi connectivity index (χ4n) is 2.09. The van der Waals surface area contributed by atoms with Gasteiger partial charge in [0, 0.05) is 18.6 Å². The van der Waals surface area contributed by atoms with Gasteiger partial charge in [-0.1, -0.05) is 6.07 Å². The van der Waals surface area contributed by atoms with E-state index >= 15 is 0 Å². The summed E-state index contributed by atoms with van der Waals surface area (Å²) in [5.74, 6) is -0.955. The van der Waals surface area contributed by atoms with E-state index in [0.29, 0.717) is 6.42 Å². The predicted molar refractivity (Wildman–Crippen MR) is 55.3 cm³/mol. The van der Waals surface area contributed by atoms with Gasteiger partial charge in [0.05, 0.1) is 17.8 Å². The second kappa shape index (κ2) is 4.85. The van der Waals surface area contributed by atoms with Crippen LogP contribution in [-0.2, 0) is 10.9 Å². The molecule has 0 aromatic heterocycles. The molecule has 1 aliphatic heterocycles. The van der Waals surface area contributed by atoms with E-state index in [-0.39, 0.29) is 13.0 Å².